The first-order chi connectivity index (χ1) is 8.12. The summed E-state index contributed by atoms with van der Waals surface area (Å²) >= 11 is 0. The largest absolute Gasteiger partial charge is 0.383 e. The Morgan fingerprint density at radius 2 is 2.00 bits per heavy atom. The van der Waals surface area contributed by atoms with Gasteiger partial charge in [-0.05, 0) is 12.8 Å². The molecule has 1 rings (SSSR count). The van der Waals surface area contributed by atoms with E-state index in [9.17, 15) is 8.42 Å². The van der Waals surface area contributed by atoms with Crippen molar-refractivity contribution >= 4 is 10.0 Å². The molecule has 0 atom stereocenters. The van der Waals surface area contributed by atoms with Gasteiger partial charge in [0.05, 0.1) is 11.9 Å². The van der Waals surface area contributed by atoms with Crippen LogP contribution in [0.1, 0.15) is 12.8 Å². The summed E-state index contributed by atoms with van der Waals surface area (Å²) in [6.07, 6.45) is 1.13. The van der Waals surface area contributed by atoms with Gasteiger partial charge in [0.1, 0.15) is 0 Å². The maximum atomic E-state index is 12.3. The molecular formula is C10H22N2O4S. The molecule has 0 bridgehead atoms. The summed E-state index contributed by atoms with van der Waals surface area (Å²) < 4.78 is 36.2. The highest BCUT2D eigenvalue weighted by Crippen LogP contribution is 2.19. The maximum absolute atomic E-state index is 12.3. The van der Waals surface area contributed by atoms with Gasteiger partial charge >= 0.3 is 0 Å². The smallest absolute Gasteiger partial charge is 0.217 e. The molecule has 0 aromatic rings. The Kier molecular flexibility index (Phi) is 6.35. The normalized spacial score (nSPS) is 18.8. The molecule has 17 heavy (non-hydrogen) atoms. The number of hydrogen-bond donors (Lipinski definition) is 1. The van der Waals surface area contributed by atoms with Crippen LogP contribution < -0.4 is 5.73 Å². The predicted octanol–water partition coefficient (Wildman–Crippen LogP) is -0.598. The highest BCUT2D eigenvalue weighted by atomic mass is 32.2. The molecular weight excluding hydrogens is 244 g/mol. The minimum atomic E-state index is -3.27. The van der Waals surface area contributed by atoms with Crippen molar-refractivity contribution in [2.75, 3.05) is 46.6 Å². The number of ether oxygens (including phenoxy) is 2. The molecule has 7 heteroatoms. The summed E-state index contributed by atoms with van der Waals surface area (Å²) in [4.78, 5) is 0. The standard InChI is InChI=1S/C10H22N2O4S/c1-15-9-6-12(5-4-11)17(13,14)10-2-7-16-8-3-10/h10H,2-9,11H2,1H3. The van der Waals surface area contributed by atoms with Gasteiger partial charge < -0.3 is 15.2 Å². The zero-order valence-electron chi connectivity index (χ0n) is 10.3. The summed E-state index contributed by atoms with van der Waals surface area (Å²) in [7, 11) is -1.71. The third-order valence-corrected chi connectivity index (χ3v) is 5.27. The Bertz CT molecular complexity index is 301. The van der Waals surface area contributed by atoms with E-state index in [1.54, 1.807) is 7.11 Å². The molecule has 1 saturated heterocycles. The molecule has 2 N–H and O–H groups in total. The third kappa shape index (κ3) is 4.18. The van der Waals surface area contributed by atoms with Gasteiger partial charge in [0.25, 0.3) is 0 Å². The van der Waals surface area contributed by atoms with Gasteiger partial charge in [0, 0.05) is 40.0 Å². The van der Waals surface area contributed by atoms with E-state index in [0.29, 0.717) is 52.3 Å². The molecule has 1 aliphatic heterocycles. The van der Waals surface area contributed by atoms with Crippen molar-refractivity contribution in [2.24, 2.45) is 5.73 Å². The highest BCUT2D eigenvalue weighted by Gasteiger charge is 2.32. The zero-order valence-corrected chi connectivity index (χ0v) is 11.1. The van der Waals surface area contributed by atoms with Gasteiger partial charge in [-0.15, -0.1) is 0 Å². The molecule has 0 aliphatic carbocycles. The Hall–Kier alpha value is -0.210. The van der Waals surface area contributed by atoms with Crippen molar-refractivity contribution < 1.29 is 17.9 Å². The van der Waals surface area contributed by atoms with Crippen LogP contribution in [-0.2, 0) is 19.5 Å². The summed E-state index contributed by atoms with van der Waals surface area (Å²) in [6, 6.07) is 0. The number of nitrogens with two attached hydrogens (primary N) is 1. The minimum Gasteiger partial charge on any atom is -0.383 e. The lowest BCUT2D eigenvalue weighted by molar-refractivity contribution is 0.0968. The van der Waals surface area contributed by atoms with Crippen LogP contribution in [0.2, 0.25) is 0 Å². The average molecular weight is 266 g/mol. The molecule has 6 nitrogen and oxygen atoms in total. The van der Waals surface area contributed by atoms with Gasteiger partial charge in [0.15, 0.2) is 0 Å². The fourth-order valence-corrected chi connectivity index (χ4v) is 3.79. The van der Waals surface area contributed by atoms with Crippen molar-refractivity contribution in [3.63, 3.8) is 0 Å². The topological polar surface area (TPSA) is 81.9 Å². The Morgan fingerprint density at radius 1 is 1.35 bits per heavy atom. The zero-order chi connectivity index (χ0) is 12.7. The molecule has 0 aromatic heterocycles. The van der Waals surface area contributed by atoms with E-state index in [1.165, 1.54) is 4.31 Å². The molecule has 0 saturated carbocycles. The van der Waals surface area contributed by atoms with E-state index in [1.807, 2.05) is 0 Å². The second-order valence-electron chi connectivity index (χ2n) is 4.04. The van der Waals surface area contributed by atoms with Gasteiger partial charge in [-0.2, -0.15) is 4.31 Å². The van der Waals surface area contributed by atoms with Crippen LogP contribution in [-0.4, -0.2) is 64.5 Å². The van der Waals surface area contributed by atoms with Crippen LogP contribution in [0.4, 0.5) is 0 Å². The number of sulfonamides is 1. The molecule has 0 amide bonds. The van der Waals surface area contributed by atoms with Crippen LogP contribution in [0.25, 0.3) is 0 Å². The van der Waals surface area contributed by atoms with Crippen molar-refractivity contribution in [1.82, 2.24) is 4.31 Å². The Labute approximate surface area is 103 Å². The maximum Gasteiger partial charge on any atom is 0.217 e. The monoisotopic (exact) mass is 266 g/mol. The van der Waals surface area contributed by atoms with E-state index < -0.39 is 10.0 Å². The van der Waals surface area contributed by atoms with Crippen LogP contribution >= 0.6 is 0 Å². The second-order valence-corrected chi connectivity index (χ2v) is 6.25. The SMILES string of the molecule is COCCN(CCN)S(=O)(=O)C1CCOCC1. The lowest BCUT2D eigenvalue weighted by Gasteiger charge is -2.29. The molecule has 102 valence electrons. The molecule has 1 fully saturated rings. The first-order valence-electron chi connectivity index (χ1n) is 5.88. The first-order valence-corrected chi connectivity index (χ1v) is 7.39. The van der Waals surface area contributed by atoms with E-state index in [0.717, 1.165) is 0 Å². The minimum absolute atomic E-state index is 0.326. The van der Waals surface area contributed by atoms with E-state index in [4.69, 9.17) is 15.2 Å². The fourth-order valence-electron chi connectivity index (χ4n) is 1.89. The lowest BCUT2D eigenvalue weighted by Crippen LogP contribution is -2.44. The van der Waals surface area contributed by atoms with Crippen molar-refractivity contribution in [1.29, 1.82) is 0 Å². The highest BCUT2D eigenvalue weighted by molar-refractivity contribution is 7.89. The van der Waals surface area contributed by atoms with Crippen molar-refractivity contribution in [3.05, 3.63) is 0 Å². The molecule has 0 aromatic carbocycles. The molecule has 0 radical (unpaired) electrons. The summed E-state index contributed by atoms with van der Waals surface area (Å²) in [5, 5.41) is -0.334. The lowest BCUT2D eigenvalue weighted by atomic mass is 10.2. The summed E-state index contributed by atoms with van der Waals surface area (Å²) in [5.41, 5.74) is 5.46. The molecule has 1 aliphatic rings. The van der Waals surface area contributed by atoms with Crippen LogP contribution in [0.15, 0.2) is 0 Å². The van der Waals surface area contributed by atoms with Crippen molar-refractivity contribution in [2.45, 2.75) is 18.1 Å². The van der Waals surface area contributed by atoms with Crippen LogP contribution in [0.5, 0.6) is 0 Å². The van der Waals surface area contributed by atoms with Gasteiger partial charge in [0.2, 0.25) is 10.0 Å². The molecule has 0 spiro atoms. The average Bonchev–Trinajstić information content (AvgIpc) is 2.35. The third-order valence-electron chi connectivity index (χ3n) is 2.87. The van der Waals surface area contributed by atoms with Crippen LogP contribution in [0, 0.1) is 0 Å². The number of nitrogens with zero attached hydrogens (tertiary/aromatic N) is 1. The van der Waals surface area contributed by atoms with E-state index in [-0.39, 0.29) is 5.25 Å². The number of rotatable bonds is 7. The second kappa shape index (κ2) is 7.27. The van der Waals surface area contributed by atoms with Gasteiger partial charge in [-0.25, -0.2) is 8.42 Å². The number of methoxy groups -OCH3 is 1. The van der Waals surface area contributed by atoms with E-state index in [2.05, 4.69) is 0 Å². The quantitative estimate of drug-likeness (QED) is 0.665. The number of hydrogen-bond acceptors (Lipinski definition) is 5. The van der Waals surface area contributed by atoms with E-state index >= 15 is 0 Å². The first kappa shape index (κ1) is 14.8. The molecule has 1 heterocycles. The molecule has 0 unspecified atom stereocenters. The van der Waals surface area contributed by atoms with Crippen LogP contribution in [0.3, 0.4) is 0 Å². The summed E-state index contributed by atoms with van der Waals surface area (Å²) in [5.74, 6) is 0. The van der Waals surface area contributed by atoms with Gasteiger partial charge in [-0.1, -0.05) is 0 Å². The Morgan fingerprint density at radius 3 is 2.53 bits per heavy atom. The van der Waals surface area contributed by atoms with Gasteiger partial charge in [-0.3, -0.25) is 0 Å². The van der Waals surface area contributed by atoms with Crippen molar-refractivity contribution in [3.8, 4) is 0 Å². The fraction of sp³-hybridized carbons (Fsp3) is 1.00. The predicted molar refractivity (Wildman–Crippen MR) is 65.3 cm³/mol. The summed E-state index contributed by atoms with van der Waals surface area (Å²) in [6.45, 7) is 2.47. The Balaban J connectivity index is 2.67.